The van der Waals surface area contributed by atoms with E-state index in [9.17, 15) is 13.2 Å². The van der Waals surface area contributed by atoms with E-state index in [1.165, 1.54) is 11.4 Å². The van der Waals surface area contributed by atoms with Crippen molar-refractivity contribution >= 4 is 15.9 Å². The summed E-state index contributed by atoms with van der Waals surface area (Å²) in [5.41, 5.74) is 1.41. The van der Waals surface area contributed by atoms with Crippen molar-refractivity contribution in [1.82, 2.24) is 9.21 Å². The first-order valence-electron chi connectivity index (χ1n) is 7.31. The van der Waals surface area contributed by atoms with Gasteiger partial charge in [0.25, 0.3) is 5.91 Å². The van der Waals surface area contributed by atoms with Gasteiger partial charge in [-0.3, -0.25) is 4.79 Å². The fourth-order valence-corrected chi connectivity index (χ4v) is 3.68. The van der Waals surface area contributed by atoms with Crippen molar-refractivity contribution in [3.8, 4) is 5.75 Å². The summed E-state index contributed by atoms with van der Waals surface area (Å²) in [5, 5.41) is 0. The standard InChI is InChI=1S/C15H22N2O4S/c1-4-22(19,20)17-10-8-16(9-11-17)15(18)14-12(2)6-5-7-13(14)21-3/h5-7H,4,8-11H2,1-3H3. The van der Waals surface area contributed by atoms with Crippen molar-refractivity contribution in [2.24, 2.45) is 0 Å². The highest BCUT2D eigenvalue weighted by Gasteiger charge is 2.29. The number of hydrogen-bond donors (Lipinski definition) is 0. The van der Waals surface area contributed by atoms with Gasteiger partial charge in [-0.15, -0.1) is 0 Å². The molecule has 7 heteroatoms. The number of hydrogen-bond acceptors (Lipinski definition) is 4. The van der Waals surface area contributed by atoms with E-state index in [4.69, 9.17) is 4.74 Å². The van der Waals surface area contributed by atoms with Crippen molar-refractivity contribution in [3.63, 3.8) is 0 Å². The van der Waals surface area contributed by atoms with Crippen LogP contribution in [0.4, 0.5) is 0 Å². The van der Waals surface area contributed by atoms with Crippen LogP contribution in [0, 0.1) is 6.92 Å². The second-order valence-electron chi connectivity index (χ2n) is 5.24. The molecule has 0 spiro atoms. The molecule has 0 atom stereocenters. The molecule has 0 unspecified atom stereocenters. The lowest BCUT2D eigenvalue weighted by molar-refractivity contribution is 0.0694. The molecule has 2 rings (SSSR count). The van der Waals surface area contributed by atoms with Crippen LogP contribution in [0.25, 0.3) is 0 Å². The number of sulfonamides is 1. The van der Waals surface area contributed by atoms with Gasteiger partial charge in [0.1, 0.15) is 5.75 Å². The normalized spacial score (nSPS) is 16.6. The molecule has 0 aromatic heterocycles. The highest BCUT2D eigenvalue weighted by molar-refractivity contribution is 7.89. The maximum absolute atomic E-state index is 12.7. The molecule has 6 nitrogen and oxygen atoms in total. The Bertz CT molecular complexity index is 650. The van der Waals surface area contributed by atoms with Gasteiger partial charge in [-0.05, 0) is 25.5 Å². The molecule has 0 N–H and O–H groups in total. The number of benzene rings is 1. The molecule has 122 valence electrons. The fourth-order valence-electron chi connectivity index (χ4n) is 2.60. The quantitative estimate of drug-likeness (QED) is 0.831. The summed E-state index contributed by atoms with van der Waals surface area (Å²) in [6, 6.07) is 5.47. The van der Waals surface area contributed by atoms with Crippen molar-refractivity contribution < 1.29 is 17.9 Å². The monoisotopic (exact) mass is 326 g/mol. The maximum atomic E-state index is 12.7. The number of aryl methyl sites for hydroxylation is 1. The van der Waals surface area contributed by atoms with E-state index < -0.39 is 10.0 Å². The summed E-state index contributed by atoms with van der Waals surface area (Å²) in [4.78, 5) is 14.4. The predicted molar refractivity (Wildman–Crippen MR) is 84.7 cm³/mol. The summed E-state index contributed by atoms with van der Waals surface area (Å²) in [7, 11) is -1.65. The molecular weight excluding hydrogens is 304 g/mol. The van der Waals surface area contributed by atoms with Gasteiger partial charge in [0.05, 0.1) is 18.4 Å². The Morgan fingerprint density at radius 1 is 1.23 bits per heavy atom. The van der Waals surface area contributed by atoms with E-state index >= 15 is 0 Å². The third-order valence-corrected chi connectivity index (χ3v) is 5.83. The topological polar surface area (TPSA) is 66.9 Å². The number of ether oxygens (including phenoxy) is 1. The van der Waals surface area contributed by atoms with Crippen molar-refractivity contribution in [2.75, 3.05) is 39.0 Å². The Morgan fingerprint density at radius 3 is 2.41 bits per heavy atom. The Hall–Kier alpha value is -1.60. The van der Waals surface area contributed by atoms with E-state index in [1.807, 2.05) is 19.1 Å². The molecule has 1 amide bonds. The predicted octanol–water partition coefficient (Wildman–Crippen LogP) is 1.11. The van der Waals surface area contributed by atoms with Crippen molar-refractivity contribution in [1.29, 1.82) is 0 Å². The second-order valence-corrected chi connectivity index (χ2v) is 7.50. The highest BCUT2D eigenvalue weighted by Crippen LogP contribution is 2.24. The van der Waals surface area contributed by atoms with Crippen LogP contribution in [0.5, 0.6) is 5.75 Å². The molecule has 0 aliphatic carbocycles. The van der Waals surface area contributed by atoms with Gasteiger partial charge < -0.3 is 9.64 Å². The molecule has 1 aromatic carbocycles. The van der Waals surface area contributed by atoms with Crippen molar-refractivity contribution in [3.05, 3.63) is 29.3 Å². The average molecular weight is 326 g/mol. The minimum atomic E-state index is -3.19. The lowest BCUT2D eigenvalue weighted by Crippen LogP contribution is -2.51. The van der Waals surface area contributed by atoms with Crippen LogP contribution in [0.2, 0.25) is 0 Å². The fraction of sp³-hybridized carbons (Fsp3) is 0.533. The van der Waals surface area contributed by atoms with Gasteiger partial charge >= 0.3 is 0 Å². The molecular formula is C15H22N2O4S. The Morgan fingerprint density at radius 2 is 1.86 bits per heavy atom. The smallest absolute Gasteiger partial charge is 0.257 e. The van der Waals surface area contributed by atoms with Gasteiger partial charge in [-0.1, -0.05) is 12.1 Å². The van der Waals surface area contributed by atoms with Crippen LogP contribution in [0.1, 0.15) is 22.8 Å². The number of carbonyl (C=O) groups is 1. The number of methoxy groups -OCH3 is 1. The lowest BCUT2D eigenvalue weighted by Gasteiger charge is -2.34. The first-order valence-corrected chi connectivity index (χ1v) is 8.92. The molecule has 1 aliphatic heterocycles. The Balaban J connectivity index is 2.14. The first kappa shape index (κ1) is 16.8. The first-order chi connectivity index (χ1) is 10.4. The van der Waals surface area contributed by atoms with Crippen LogP contribution >= 0.6 is 0 Å². The van der Waals surface area contributed by atoms with Crippen molar-refractivity contribution in [2.45, 2.75) is 13.8 Å². The number of nitrogens with zero attached hydrogens (tertiary/aromatic N) is 2. The van der Waals surface area contributed by atoms with Crippen LogP contribution in [-0.2, 0) is 10.0 Å². The van der Waals surface area contributed by atoms with Gasteiger partial charge in [0, 0.05) is 26.2 Å². The molecule has 1 saturated heterocycles. The molecule has 1 aromatic rings. The van der Waals surface area contributed by atoms with Crippen LogP contribution < -0.4 is 4.74 Å². The summed E-state index contributed by atoms with van der Waals surface area (Å²) >= 11 is 0. The van der Waals surface area contributed by atoms with E-state index in [-0.39, 0.29) is 11.7 Å². The molecule has 1 fully saturated rings. The summed E-state index contributed by atoms with van der Waals surface area (Å²) in [6.07, 6.45) is 0. The summed E-state index contributed by atoms with van der Waals surface area (Å²) < 4.78 is 30.4. The third kappa shape index (κ3) is 3.25. The number of amides is 1. The van der Waals surface area contributed by atoms with Crippen LogP contribution in [-0.4, -0.2) is 62.6 Å². The molecule has 0 saturated carbocycles. The van der Waals surface area contributed by atoms with Crippen LogP contribution in [0.15, 0.2) is 18.2 Å². The van der Waals surface area contributed by atoms with Crippen LogP contribution in [0.3, 0.4) is 0 Å². The Labute approximate surface area is 131 Å². The minimum absolute atomic E-state index is 0.0898. The molecule has 0 bridgehead atoms. The van der Waals surface area contributed by atoms with Gasteiger partial charge in [0.15, 0.2) is 0 Å². The highest BCUT2D eigenvalue weighted by atomic mass is 32.2. The Kier molecular flexibility index (Phi) is 5.08. The zero-order chi connectivity index (χ0) is 16.3. The van der Waals surface area contributed by atoms with E-state index in [1.54, 1.807) is 17.9 Å². The third-order valence-electron chi connectivity index (χ3n) is 3.95. The van der Waals surface area contributed by atoms with Gasteiger partial charge in [0.2, 0.25) is 10.0 Å². The largest absolute Gasteiger partial charge is 0.496 e. The molecule has 22 heavy (non-hydrogen) atoms. The average Bonchev–Trinajstić information content (AvgIpc) is 2.54. The molecule has 1 aliphatic rings. The van der Waals surface area contributed by atoms with Gasteiger partial charge in [-0.2, -0.15) is 4.31 Å². The number of rotatable bonds is 4. The number of carbonyl (C=O) groups excluding carboxylic acids is 1. The molecule has 0 radical (unpaired) electrons. The zero-order valence-electron chi connectivity index (χ0n) is 13.2. The summed E-state index contributed by atoms with van der Waals surface area (Å²) in [5.74, 6) is 0.532. The zero-order valence-corrected chi connectivity index (χ0v) is 14.0. The second kappa shape index (κ2) is 6.66. The number of piperazine rings is 1. The van der Waals surface area contributed by atoms with E-state index in [2.05, 4.69) is 0 Å². The minimum Gasteiger partial charge on any atom is -0.496 e. The molecule has 1 heterocycles. The van der Waals surface area contributed by atoms with E-state index in [0.29, 0.717) is 37.5 Å². The van der Waals surface area contributed by atoms with E-state index in [0.717, 1.165) is 5.56 Å². The summed E-state index contributed by atoms with van der Waals surface area (Å²) in [6.45, 7) is 4.98. The SMILES string of the molecule is CCS(=O)(=O)N1CCN(C(=O)c2c(C)cccc2OC)CC1. The van der Waals surface area contributed by atoms with Gasteiger partial charge in [-0.25, -0.2) is 8.42 Å². The lowest BCUT2D eigenvalue weighted by atomic mass is 10.1. The maximum Gasteiger partial charge on any atom is 0.257 e.